The average Bonchev–Trinajstić information content (AvgIpc) is 3.37. The Bertz CT molecular complexity index is 1180. The molecule has 3 aromatic rings. The Morgan fingerprint density at radius 1 is 1.16 bits per heavy atom. The average molecular weight is 468 g/mol. The van der Waals surface area contributed by atoms with Gasteiger partial charge in [-0.05, 0) is 29.8 Å². The first-order chi connectivity index (χ1) is 14.7. The molecular weight excluding hydrogens is 448 g/mol. The van der Waals surface area contributed by atoms with E-state index in [1.807, 2.05) is 0 Å². The number of hydrogen-bond donors (Lipinski definition) is 0. The van der Waals surface area contributed by atoms with Crippen LogP contribution in [-0.4, -0.2) is 42.0 Å². The zero-order valence-electron chi connectivity index (χ0n) is 16.6. The van der Waals surface area contributed by atoms with Crippen molar-refractivity contribution in [3.05, 3.63) is 77.2 Å². The normalized spacial score (nSPS) is 19.6. The second kappa shape index (κ2) is 8.57. The Morgan fingerprint density at radius 3 is 2.55 bits per heavy atom. The first-order valence-corrected chi connectivity index (χ1v) is 11.4. The van der Waals surface area contributed by atoms with Crippen LogP contribution >= 0.6 is 11.6 Å². The van der Waals surface area contributed by atoms with E-state index < -0.39 is 15.8 Å². The highest BCUT2D eigenvalue weighted by Gasteiger charge is 2.41. The summed E-state index contributed by atoms with van der Waals surface area (Å²) < 4.78 is 61.7. The lowest BCUT2D eigenvalue weighted by atomic mass is 9.89. The van der Waals surface area contributed by atoms with Gasteiger partial charge in [-0.15, -0.1) is 0 Å². The fourth-order valence-corrected chi connectivity index (χ4v) is 5.37. The van der Waals surface area contributed by atoms with Crippen LogP contribution in [-0.2, 0) is 17.1 Å². The molecule has 0 N–H and O–H groups in total. The lowest BCUT2D eigenvalue weighted by Crippen LogP contribution is -2.30. The largest absolute Gasteiger partial charge is 0.493 e. The number of aryl methyl sites for hydroxylation is 1. The molecule has 0 spiro atoms. The highest BCUT2D eigenvalue weighted by Crippen LogP contribution is 2.36. The van der Waals surface area contributed by atoms with E-state index in [1.165, 1.54) is 47.2 Å². The fourth-order valence-electron chi connectivity index (χ4n) is 3.71. The van der Waals surface area contributed by atoms with Crippen LogP contribution in [0.15, 0.2) is 60.0 Å². The van der Waals surface area contributed by atoms with Gasteiger partial charge in [0.25, 0.3) is 10.0 Å². The Balaban J connectivity index is 1.58. The van der Waals surface area contributed by atoms with Crippen LogP contribution in [0.4, 0.5) is 8.78 Å². The predicted molar refractivity (Wildman–Crippen MR) is 112 cm³/mol. The summed E-state index contributed by atoms with van der Waals surface area (Å²) in [4.78, 5) is 3.98. The topological polar surface area (TPSA) is 64.4 Å². The van der Waals surface area contributed by atoms with E-state index in [2.05, 4.69) is 4.98 Å². The second-order valence-electron chi connectivity index (χ2n) is 7.50. The maximum atomic E-state index is 13.4. The lowest BCUT2D eigenvalue weighted by molar-refractivity contribution is 0.244. The Hall–Kier alpha value is -2.49. The van der Waals surface area contributed by atoms with Gasteiger partial charge in [-0.2, -0.15) is 4.31 Å². The number of hydrogen-bond acceptors (Lipinski definition) is 4. The standard InChI is InChI=1S/C21H20ClF2N3O3S/c1-26-11-21(25-13-26)31(28,29)27-9-15(12-30-17-6-7-20(24)19(22)8-17)18(10-27)14-2-4-16(23)5-3-14/h2-8,11,13,15,18H,9-10,12H2,1H3. The minimum Gasteiger partial charge on any atom is -0.493 e. The summed E-state index contributed by atoms with van der Waals surface area (Å²) in [5, 5.41) is -0.0851. The molecule has 1 fully saturated rings. The molecule has 1 aliphatic rings. The van der Waals surface area contributed by atoms with Gasteiger partial charge in [0.05, 0.1) is 18.0 Å². The van der Waals surface area contributed by atoms with Crippen molar-refractivity contribution >= 4 is 21.6 Å². The second-order valence-corrected chi connectivity index (χ2v) is 9.80. The Kier molecular flexibility index (Phi) is 6.00. The van der Waals surface area contributed by atoms with E-state index in [9.17, 15) is 17.2 Å². The van der Waals surface area contributed by atoms with Gasteiger partial charge in [0.2, 0.25) is 0 Å². The van der Waals surface area contributed by atoms with E-state index in [0.717, 1.165) is 5.56 Å². The SMILES string of the molecule is Cn1cnc(S(=O)(=O)N2CC(COc3ccc(F)c(Cl)c3)C(c3ccc(F)cc3)C2)c1. The number of benzene rings is 2. The minimum absolute atomic E-state index is 0.0280. The molecule has 0 amide bonds. The van der Waals surface area contributed by atoms with Gasteiger partial charge in [-0.25, -0.2) is 22.2 Å². The van der Waals surface area contributed by atoms with E-state index in [-0.39, 0.29) is 47.4 Å². The van der Waals surface area contributed by atoms with Crippen LogP contribution in [0.25, 0.3) is 0 Å². The molecule has 2 aromatic carbocycles. The van der Waals surface area contributed by atoms with E-state index >= 15 is 0 Å². The van der Waals surface area contributed by atoms with Gasteiger partial charge >= 0.3 is 0 Å². The molecule has 2 heterocycles. The van der Waals surface area contributed by atoms with E-state index in [0.29, 0.717) is 5.75 Å². The molecule has 0 saturated carbocycles. The highest BCUT2D eigenvalue weighted by molar-refractivity contribution is 7.89. The van der Waals surface area contributed by atoms with Crippen LogP contribution in [0.2, 0.25) is 5.02 Å². The van der Waals surface area contributed by atoms with Crippen LogP contribution in [0, 0.1) is 17.6 Å². The molecule has 1 saturated heterocycles. The quantitative estimate of drug-likeness (QED) is 0.552. The smallest absolute Gasteiger partial charge is 0.262 e. The lowest BCUT2D eigenvalue weighted by Gasteiger charge is -2.19. The Labute approximate surface area is 184 Å². The highest BCUT2D eigenvalue weighted by atomic mass is 35.5. The monoisotopic (exact) mass is 467 g/mol. The van der Waals surface area contributed by atoms with Crippen molar-refractivity contribution in [1.29, 1.82) is 0 Å². The summed E-state index contributed by atoms with van der Waals surface area (Å²) in [5.41, 5.74) is 0.811. The summed E-state index contributed by atoms with van der Waals surface area (Å²) in [6.07, 6.45) is 2.88. The maximum absolute atomic E-state index is 13.4. The third-order valence-electron chi connectivity index (χ3n) is 5.35. The summed E-state index contributed by atoms with van der Waals surface area (Å²) in [7, 11) is -2.10. The first-order valence-electron chi connectivity index (χ1n) is 9.55. The first kappa shape index (κ1) is 21.7. The van der Waals surface area contributed by atoms with Crippen molar-refractivity contribution in [2.45, 2.75) is 10.9 Å². The third-order valence-corrected chi connectivity index (χ3v) is 7.35. The number of sulfonamides is 1. The molecule has 1 aromatic heterocycles. The van der Waals surface area contributed by atoms with Crippen LogP contribution in [0.5, 0.6) is 5.75 Å². The van der Waals surface area contributed by atoms with Crippen molar-refractivity contribution in [3.63, 3.8) is 0 Å². The number of imidazole rings is 1. The summed E-state index contributed by atoms with van der Waals surface area (Å²) in [5.74, 6) is -0.960. The van der Waals surface area contributed by atoms with E-state index in [4.69, 9.17) is 16.3 Å². The van der Waals surface area contributed by atoms with Crippen molar-refractivity contribution < 1.29 is 21.9 Å². The molecule has 4 rings (SSSR count). The number of ether oxygens (including phenoxy) is 1. The number of aromatic nitrogens is 2. The number of rotatable bonds is 6. The van der Waals surface area contributed by atoms with Gasteiger partial charge in [0.1, 0.15) is 17.4 Å². The molecule has 6 nitrogen and oxygen atoms in total. The summed E-state index contributed by atoms with van der Waals surface area (Å²) in [6, 6.07) is 10.1. The van der Waals surface area contributed by atoms with Gasteiger partial charge in [-0.3, -0.25) is 0 Å². The zero-order chi connectivity index (χ0) is 22.2. The summed E-state index contributed by atoms with van der Waals surface area (Å²) in [6.45, 7) is 0.594. The molecule has 164 valence electrons. The van der Waals surface area contributed by atoms with Crippen LogP contribution in [0.1, 0.15) is 11.5 Å². The third kappa shape index (κ3) is 4.58. The van der Waals surface area contributed by atoms with Crippen molar-refractivity contribution in [2.75, 3.05) is 19.7 Å². The van der Waals surface area contributed by atoms with Crippen molar-refractivity contribution in [2.24, 2.45) is 13.0 Å². The van der Waals surface area contributed by atoms with E-state index in [1.54, 1.807) is 23.7 Å². The van der Waals surface area contributed by atoms with Gasteiger partial charge in [0.15, 0.2) is 5.03 Å². The molecule has 10 heteroatoms. The summed E-state index contributed by atoms with van der Waals surface area (Å²) >= 11 is 5.81. The van der Waals surface area contributed by atoms with Gasteiger partial charge in [0, 0.05) is 44.2 Å². The molecule has 0 aliphatic carbocycles. The molecule has 2 atom stereocenters. The minimum atomic E-state index is -3.79. The number of halogens is 3. The maximum Gasteiger partial charge on any atom is 0.262 e. The fraction of sp³-hybridized carbons (Fsp3) is 0.286. The van der Waals surface area contributed by atoms with Gasteiger partial charge < -0.3 is 9.30 Å². The number of nitrogens with zero attached hydrogens (tertiary/aromatic N) is 3. The molecular formula is C21H20ClF2N3O3S. The van der Waals surface area contributed by atoms with Crippen LogP contribution in [0.3, 0.4) is 0 Å². The van der Waals surface area contributed by atoms with Gasteiger partial charge in [-0.1, -0.05) is 23.7 Å². The Morgan fingerprint density at radius 2 is 1.90 bits per heavy atom. The van der Waals surface area contributed by atoms with Crippen LogP contribution < -0.4 is 4.74 Å². The molecule has 1 aliphatic heterocycles. The molecule has 0 radical (unpaired) electrons. The molecule has 0 bridgehead atoms. The predicted octanol–water partition coefficient (Wildman–Crippen LogP) is 3.84. The molecule has 31 heavy (non-hydrogen) atoms. The van der Waals surface area contributed by atoms with Crippen molar-refractivity contribution in [3.8, 4) is 5.75 Å². The zero-order valence-corrected chi connectivity index (χ0v) is 18.2. The molecule has 2 unspecified atom stereocenters. The van der Waals surface area contributed by atoms with Crippen molar-refractivity contribution in [1.82, 2.24) is 13.9 Å².